The van der Waals surface area contributed by atoms with Gasteiger partial charge in [-0.15, -0.1) is 0 Å². The quantitative estimate of drug-likeness (QED) is 0.360. The van der Waals surface area contributed by atoms with Crippen LogP contribution in [-0.4, -0.2) is 14.5 Å². The standard InChI is InChI=1S/C23H24N2O.C5H5N5/c1-3-5-10-18(16-24)21-14-9-11-17-15-19(4-2)25(23(26)22(17)21)20-12-7-6-8-13-20;6-1-3-2-9-5(8)10-4(3)7/h5-16H,3-4,24H2,1-2H3;2H,(H4,7,8,9,10)/b10-5-,18-16+;. The van der Waals surface area contributed by atoms with E-state index in [-0.39, 0.29) is 22.9 Å². The van der Waals surface area contributed by atoms with Crippen LogP contribution in [0.25, 0.3) is 22.0 Å². The number of allylic oxidation sites excluding steroid dienone is 3. The van der Waals surface area contributed by atoms with Crippen LogP contribution in [0, 0.1) is 11.3 Å². The molecule has 0 saturated heterocycles. The molecule has 2 heterocycles. The second kappa shape index (κ2) is 12.0. The lowest BCUT2D eigenvalue weighted by Crippen LogP contribution is -2.22. The Hall–Kier alpha value is -4.90. The van der Waals surface area contributed by atoms with Gasteiger partial charge in [0.05, 0.1) is 11.6 Å². The Morgan fingerprint density at radius 3 is 2.47 bits per heavy atom. The second-order valence-electron chi connectivity index (χ2n) is 7.81. The molecule has 0 radical (unpaired) electrons. The van der Waals surface area contributed by atoms with Crippen molar-refractivity contribution < 1.29 is 0 Å². The summed E-state index contributed by atoms with van der Waals surface area (Å²) >= 11 is 0. The largest absolute Gasteiger partial charge is 0.404 e. The van der Waals surface area contributed by atoms with Crippen LogP contribution in [0.3, 0.4) is 0 Å². The lowest BCUT2D eigenvalue weighted by molar-refractivity contribution is 0.889. The molecular weight excluding hydrogens is 450 g/mol. The molecule has 0 spiro atoms. The maximum absolute atomic E-state index is 13.5. The molecule has 36 heavy (non-hydrogen) atoms. The van der Waals surface area contributed by atoms with Crippen LogP contribution >= 0.6 is 0 Å². The minimum absolute atomic E-state index is 0.00889. The molecule has 0 saturated carbocycles. The molecule has 0 aliphatic rings. The molecule has 0 bridgehead atoms. The molecule has 8 heteroatoms. The van der Waals surface area contributed by atoms with E-state index in [0.29, 0.717) is 5.39 Å². The zero-order valence-corrected chi connectivity index (χ0v) is 20.3. The number of benzene rings is 2. The topological polar surface area (TPSA) is 150 Å². The van der Waals surface area contributed by atoms with Gasteiger partial charge in [0.25, 0.3) is 5.56 Å². The molecule has 0 atom stereocenters. The van der Waals surface area contributed by atoms with E-state index in [0.717, 1.165) is 40.7 Å². The predicted octanol–water partition coefficient (Wildman–Crippen LogP) is 4.33. The van der Waals surface area contributed by atoms with E-state index in [1.165, 1.54) is 6.20 Å². The van der Waals surface area contributed by atoms with Crippen LogP contribution in [0.1, 0.15) is 37.1 Å². The number of nitrogens with two attached hydrogens (primary N) is 3. The van der Waals surface area contributed by atoms with Crippen LogP contribution < -0.4 is 22.8 Å². The van der Waals surface area contributed by atoms with Gasteiger partial charge in [0, 0.05) is 17.6 Å². The SMILES string of the molecule is CC/C=C\C(=C/N)c1cccc2cc(CC)n(-c3ccccc3)c(=O)c12.N#Cc1cnc(N)nc1N. The Morgan fingerprint density at radius 1 is 1.11 bits per heavy atom. The highest BCUT2D eigenvalue weighted by molar-refractivity contribution is 5.95. The van der Waals surface area contributed by atoms with Gasteiger partial charge in [-0.1, -0.05) is 62.4 Å². The number of rotatable bonds is 5. The van der Waals surface area contributed by atoms with E-state index >= 15 is 0 Å². The summed E-state index contributed by atoms with van der Waals surface area (Å²) in [6.45, 7) is 4.14. The van der Waals surface area contributed by atoms with Gasteiger partial charge in [-0.25, -0.2) is 4.98 Å². The number of pyridine rings is 1. The summed E-state index contributed by atoms with van der Waals surface area (Å²) in [4.78, 5) is 20.6. The van der Waals surface area contributed by atoms with Gasteiger partial charge in [-0.3, -0.25) is 9.36 Å². The molecule has 6 N–H and O–H groups in total. The van der Waals surface area contributed by atoms with Crippen LogP contribution in [0.15, 0.2) is 83.9 Å². The summed E-state index contributed by atoms with van der Waals surface area (Å²) in [6, 6.07) is 19.6. The summed E-state index contributed by atoms with van der Waals surface area (Å²) in [5.41, 5.74) is 20.2. The zero-order chi connectivity index (χ0) is 26.1. The zero-order valence-electron chi connectivity index (χ0n) is 20.3. The second-order valence-corrected chi connectivity index (χ2v) is 7.81. The number of hydrogen-bond donors (Lipinski definition) is 3. The fourth-order valence-electron chi connectivity index (χ4n) is 3.75. The maximum atomic E-state index is 13.5. The Labute approximate surface area is 210 Å². The number of para-hydroxylation sites is 1. The minimum Gasteiger partial charge on any atom is -0.404 e. The Balaban J connectivity index is 0.000000303. The molecule has 182 valence electrons. The van der Waals surface area contributed by atoms with E-state index in [9.17, 15) is 4.79 Å². The summed E-state index contributed by atoms with van der Waals surface area (Å²) in [5.74, 6) is 0.200. The monoisotopic (exact) mass is 479 g/mol. The summed E-state index contributed by atoms with van der Waals surface area (Å²) in [6.07, 6.45) is 8.58. The van der Waals surface area contributed by atoms with Gasteiger partial charge in [-0.05, 0) is 47.6 Å². The summed E-state index contributed by atoms with van der Waals surface area (Å²) < 4.78 is 1.81. The number of fused-ring (bicyclic) bond motifs is 1. The fourth-order valence-corrected chi connectivity index (χ4v) is 3.75. The Kier molecular flexibility index (Phi) is 8.57. The van der Waals surface area contributed by atoms with Gasteiger partial charge in [-0.2, -0.15) is 10.2 Å². The van der Waals surface area contributed by atoms with E-state index in [1.54, 1.807) is 6.20 Å². The fraction of sp³-hybridized carbons (Fsp3) is 0.143. The van der Waals surface area contributed by atoms with Gasteiger partial charge in [0.15, 0.2) is 0 Å². The molecule has 2 aromatic heterocycles. The third-order valence-electron chi connectivity index (χ3n) is 5.48. The highest BCUT2D eigenvalue weighted by Crippen LogP contribution is 2.25. The average Bonchev–Trinajstić information content (AvgIpc) is 2.90. The number of nitriles is 1. The highest BCUT2D eigenvalue weighted by atomic mass is 16.1. The molecule has 0 unspecified atom stereocenters. The van der Waals surface area contributed by atoms with E-state index in [2.05, 4.69) is 29.9 Å². The van der Waals surface area contributed by atoms with Crippen molar-refractivity contribution in [2.24, 2.45) is 5.73 Å². The number of nitrogens with zero attached hydrogens (tertiary/aromatic N) is 4. The first-order valence-electron chi connectivity index (χ1n) is 11.5. The smallest absolute Gasteiger partial charge is 0.263 e. The van der Waals surface area contributed by atoms with Crippen LogP contribution in [0.2, 0.25) is 0 Å². The number of hydrogen-bond acceptors (Lipinski definition) is 7. The molecule has 8 nitrogen and oxygen atoms in total. The number of aromatic nitrogens is 3. The first-order chi connectivity index (χ1) is 17.4. The number of aryl methyl sites for hydroxylation is 1. The number of anilines is 2. The number of nitrogen functional groups attached to an aromatic ring is 2. The van der Waals surface area contributed by atoms with E-state index in [4.69, 9.17) is 22.5 Å². The van der Waals surface area contributed by atoms with Crippen molar-refractivity contribution in [1.29, 1.82) is 5.26 Å². The van der Waals surface area contributed by atoms with Gasteiger partial charge in [0.1, 0.15) is 17.5 Å². The molecule has 0 amide bonds. The van der Waals surface area contributed by atoms with Crippen molar-refractivity contribution in [2.45, 2.75) is 26.7 Å². The Morgan fingerprint density at radius 2 is 1.86 bits per heavy atom. The maximum Gasteiger partial charge on any atom is 0.263 e. The van der Waals surface area contributed by atoms with Crippen molar-refractivity contribution in [1.82, 2.24) is 14.5 Å². The first kappa shape index (κ1) is 25.7. The molecule has 4 aromatic rings. The highest BCUT2D eigenvalue weighted by Gasteiger charge is 2.14. The van der Waals surface area contributed by atoms with E-state index < -0.39 is 0 Å². The van der Waals surface area contributed by atoms with Crippen molar-refractivity contribution in [3.8, 4) is 11.8 Å². The summed E-state index contributed by atoms with van der Waals surface area (Å²) in [5, 5.41) is 10.0. The van der Waals surface area contributed by atoms with Gasteiger partial charge in [0.2, 0.25) is 5.95 Å². The van der Waals surface area contributed by atoms with Crippen molar-refractivity contribution in [3.63, 3.8) is 0 Å². The molecule has 0 fully saturated rings. The predicted molar refractivity (Wildman–Crippen MR) is 146 cm³/mol. The molecular formula is C28H29N7O. The third-order valence-corrected chi connectivity index (χ3v) is 5.48. The van der Waals surface area contributed by atoms with Crippen molar-refractivity contribution in [3.05, 3.63) is 106 Å². The lowest BCUT2D eigenvalue weighted by atomic mass is 9.98. The summed E-state index contributed by atoms with van der Waals surface area (Å²) in [7, 11) is 0. The van der Waals surface area contributed by atoms with Gasteiger partial charge >= 0.3 is 0 Å². The van der Waals surface area contributed by atoms with Crippen LogP contribution in [-0.2, 0) is 6.42 Å². The third kappa shape index (κ3) is 5.59. The van der Waals surface area contributed by atoms with Crippen LogP contribution in [0.5, 0.6) is 0 Å². The van der Waals surface area contributed by atoms with Gasteiger partial charge < -0.3 is 17.2 Å². The van der Waals surface area contributed by atoms with E-state index in [1.807, 2.05) is 71.3 Å². The molecule has 4 rings (SSSR count). The van der Waals surface area contributed by atoms with Crippen molar-refractivity contribution in [2.75, 3.05) is 11.5 Å². The lowest BCUT2D eigenvalue weighted by Gasteiger charge is -2.15. The molecule has 2 aromatic carbocycles. The first-order valence-corrected chi connectivity index (χ1v) is 11.5. The van der Waals surface area contributed by atoms with Crippen LogP contribution in [0.4, 0.5) is 11.8 Å². The Bertz CT molecular complexity index is 1510. The van der Waals surface area contributed by atoms with Crippen molar-refractivity contribution >= 4 is 28.1 Å². The molecule has 0 aliphatic heterocycles. The average molecular weight is 480 g/mol. The normalized spacial score (nSPS) is 11.2. The minimum atomic E-state index is -0.00889. The molecule has 0 aliphatic carbocycles.